The van der Waals surface area contributed by atoms with E-state index in [9.17, 15) is 14.7 Å². The lowest BCUT2D eigenvalue weighted by molar-refractivity contribution is -0.127. The number of methoxy groups -OCH3 is 2. The molecule has 2 amide bonds. The van der Waals surface area contributed by atoms with Crippen LogP contribution in [0.5, 0.6) is 11.5 Å². The first-order valence-corrected chi connectivity index (χ1v) is 17.3. The van der Waals surface area contributed by atoms with Crippen molar-refractivity contribution in [2.75, 3.05) is 66.8 Å². The summed E-state index contributed by atoms with van der Waals surface area (Å²) in [5.74, 6) is 1.16. The Morgan fingerprint density at radius 3 is 2.30 bits per heavy atom. The van der Waals surface area contributed by atoms with E-state index >= 15 is 0 Å². The van der Waals surface area contributed by atoms with Gasteiger partial charge in [-0.2, -0.15) is 0 Å². The number of nitrogens with zero attached hydrogens (tertiary/aromatic N) is 1. The second-order valence-electron chi connectivity index (χ2n) is 14.3. The van der Waals surface area contributed by atoms with Gasteiger partial charge in [-0.25, -0.2) is 4.79 Å². The molecule has 4 atom stereocenters. The van der Waals surface area contributed by atoms with Gasteiger partial charge < -0.3 is 39.4 Å². The topological polar surface area (TPSA) is 128 Å². The number of alkyl carbamates (subject to hydrolysis) is 1. The van der Waals surface area contributed by atoms with E-state index in [1.165, 1.54) is 0 Å². The van der Waals surface area contributed by atoms with Crippen LogP contribution in [0.2, 0.25) is 0 Å². The number of nitrogens with one attached hydrogen (secondary N) is 2. The maximum absolute atomic E-state index is 13.4. The molecule has 1 aliphatic heterocycles. The molecule has 0 spiro atoms. The molecular formula is C36H63N3O8. The predicted molar refractivity (Wildman–Crippen MR) is 184 cm³/mol. The first kappa shape index (κ1) is 40.6. The lowest BCUT2D eigenvalue weighted by Crippen LogP contribution is -2.49. The van der Waals surface area contributed by atoms with Gasteiger partial charge in [-0.3, -0.25) is 9.69 Å². The van der Waals surface area contributed by atoms with Crippen LogP contribution in [0.3, 0.4) is 0 Å². The Bertz CT molecular complexity index is 1060. The normalized spacial score (nSPS) is 16.8. The molecule has 270 valence electrons. The van der Waals surface area contributed by atoms with Crippen LogP contribution >= 0.6 is 0 Å². The Morgan fingerprint density at radius 1 is 1.00 bits per heavy atom. The van der Waals surface area contributed by atoms with E-state index in [2.05, 4.69) is 29.4 Å². The van der Waals surface area contributed by atoms with Crippen molar-refractivity contribution >= 4 is 12.0 Å². The molecule has 1 aromatic rings. The molecule has 0 bridgehead atoms. The van der Waals surface area contributed by atoms with Gasteiger partial charge in [0.15, 0.2) is 11.5 Å². The van der Waals surface area contributed by atoms with Gasteiger partial charge in [0, 0.05) is 52.2 Å². The summed E-state index contributed by atoms with van der Waals surface area (Å²) in [5.41, 5.74) is 0.372. The van der Waals surface area contributed by atoms with Crippen LogP contribution in [-0.2, 0) is 25.4 Å². The summed E-state index contributed by atoms with van der Waals surface area (Å²) in [6.45, 7) is 19.2. The molecular weight excluding hydrogens is 602 g/mol. The summed E-state index contributed by atoms with van der Waals surface area (Å²) in [7, 11) is 3.29. The fraction of sp³-hybridized carbons (Fsp3) is 0.778. The van der Waals surface area contributed by atoms with E-state index in [-0.39, 0.29) is 30.1 Å². The van der Waals surface area contributed by atoms with Crippen LogP contribution < -0.4 is 20.1 Å². The van der Waals surface area contributed by atoms with Crippen molar-refractivity contribution < 1.29 is 38.4 Å². The van der Waals surface area contributed by atoms with Gasteiger partial charge in [0.1, 0.15) is 5.60 Å². The Hall–Kier alpha value is -2.60. The number of benzene rings is 1. The van der Waals surface area contributed by atoms with Crippen LogP contribution in [0.15, 0.2) is 18.2 Å². The molecule has 0 radical (unpaired) electrons. The summed E-state index contributed by atoms with van der Waals surface area (Å²) < 4.78 is 27.7. The zero-order valence-electron chi connectivity index (χ0n) is 30.4. The van der Waals surface area contributed by atoms with Gasteiger partial charge in [0.2, 0.25) is 5.91 Å². The number of carbonyl (C=O) groups is 2. The third-order valence-corrected chi connectivity index (χ3v) is 8.61. The zero-order valence-corrected chi connectivity index (χ0v) is 30.4. The standard InChI is InChI=1S/C36H63N3O8/c1-25(2)28(21-27-11-12-32(44-9)33(22-27)46-18-10-17-43-8)23-30(38-35(42)47-36(5,6)7)31(40)24-29(26(3)4)34(41)37-13-14-39-15-19-45-20-16-39/h11-12,22,25-26,28-31,40H,10,13-21,23-24H2,1-9H3,(H,37,41)(H,38,42)/t28-,29-,30-,31-/m0/s1. The number of carbonyl (C=O) groups excluding carboxylic acids is 2. The van der Waals surface area contributed by atoms with Crippen LogP contribution in [0.25, 0.3) is 0 Å². The largest absolute Gasteiger partial charge is 0.493 e. The van der Waals surface area contributed by atoms with E-state index in [1.54, 1.807) is 14.2 Å². The predicted octanol–water partition coefficient (Wildman–Crippen LogP) is 4.68. The molecule has 47 heavy (non-hydrogen) atoms. The van der Waals surface area contributed by atoms with Crippen molar-refractivity contribution in [3.63, 3.8) is 0 Å². The molecule has 11 heteroatoms. The van der Waals surface area contributed by atoms with Crippen molar-refractivity contribution in [1.82, 2.24) is 15.5 Å². The SMILES string of the molecule is COCCCOc1cc(C[C@@H](C[C@H](NC(=O)OC(C)(C)C)[C@@H](O)C[C@H](C(=O)NCCN2CCOCC2)C(C)C)C(C)C)ccc1OC. The molecule has 1 fully saturated rings. The summed E-state index contributed by atoms with van der Waals surface area (Å²) in [4.78, 5) is 28.6. The highest BCUT2D eigenvalue weighted by molar-refractivity contribution is 5.79. The average molecular weight is 666 g/mol. The number of rotatable bonds is 20. The number of hydrogen-bond acceptors (Lipinski definition) is 9. The van der Waals surface area contributed by atoms with E-state index in [0.29, 0.717) is 57.3 Å². The molecule has 0 aromatic heterocycles. The van der Waals surface area contributed by atoms with E-state index in [1.807, 2.05) is 52.8 Å². The maximum atomic E-state index is 13.4. The average Bonchev–Trinajstić information content (AvgIpc) is 3.00. The smallest absolute Gasteiger partial charge is 0.407 e. The minimum atomic E-state index is -0.961. The molecule has 2 rings (SSSR count). The molecule has 11 nitrogen and oxygen atoms in total. The molecule has 1 aromatic carbocycles. The van der Waals surface area contributed by atoms with Crippen LogP contribution in [0.4, 0.5) is 4.79 Å². The zero-order chi connectivity index (χ0) is 35.0. The van der Waals surface area contributed by atoms with Crippen LogP contribution in [-0.4, -0.2) is 107 Å². The minimum Gasteiger partial charge on any atom is -0.493 e. The van der Waals surface area contributed by atoms with Crippen molar-refractivity contribution in [2.45, 2.75) is 91.9 Å². The molecule has 1 heterocycles. The summed E-state index contributed by atoms with van der Waals surface area (Å²) in [5, 5.41) is 17.7. The van der Waals surface area contributed by atoms with Crippen molar-refractivity contribution in [3.05, 3.63) is 23.8 Å². The fourth-order valence-electron chi connectivity index (χ4n) is 5.74. The quantitative estimate of drug-likeness (QED) is 0.170. The van der Waals surface area contributed by atoms with Crippen LogP contribution in [0, 0.1) is 23.7 Å². The van der Waals surface area contributed by atoms with Gasteiger partial charge in [-0.05, 0) is 75.5 Å². The second kappa shape index (κ2) is 20.7. The first-order valence-electron chi connectivity index (χ1n) is 17.3. The van der Waals surface area contributed by atoms with Gasteiger partial charge >= 0.3 is 6.09 Å². The maximum Gasteiger partial charge on any atom is 0.407 e. The lowest BCUT2D eigenvalue weighted by Gasteiger charge is -2.33. The number of aliphatic hydroxyl groups excluding tert-OH is 1. The highest BCUT2D eigenvalue weighted by Gasteiger charge is 2.33. The fourth-order valence-corrected chi connectivity index (χ4v) is 5.74. The molecule has 1 saturated heterocycles. The van der Waals surface area contributed by atoms with Crippen molar-refractivity contribution in [1.29, 1.82) is 0 Å². The summed E-state index contributed by atoms with van der Waals surface area (Å²) in [6.07, 6.45) is 0.627. The number of amides is 2. The van der Waals surface area contributed by atoms with Gasteiger partial charge in [0.05, 0.1) is 39.1 Å². The third kappa shape index (κ3) is 15.4. The lowest BCUT2D eigenvalue weighted by atomic mass is 9.80. The number of aliphatic hydroxyl groups is 1. The van der Waals surface area contributed by atoms with E-state index < -0.39 is 29.8 Å². The van der Waals surface area contributed by atoms with Crippen molar-refractivity contribution in [2.24, 2.45) is 23.7 Å². The molecule has 1 aliphatic rings. The van der Waals surface area contributed by atoms with Gasteiger partial charge in [-0.15, -0.1) is 0 Å². The van der Waals surface area contributed by atoms with E-state index in [0.717, 1.165) is 31.6 Å². The van der Waals surface area contributed by atoms with Gasteiger partial charge in [0.25, 0.3) is 0 Å². The third-order valence-electron chi connectivity index (χ3n) is 8.61. The molecule has 0 aliphatic carbocycles. The number of hydrogen-bond donors (Lipinski definition) is 3. The molecule has 3 N–H and O–H groups in total. The Kier molecular flexibility index (Phi) is 17.9. The number of morpholine rings is 1. The Labute approximate surface area is 283 Å². The first-order chi connectivity index (χ1) is 22.2. The highest BCUT2D eigenvalue weighted by Crippen LogP contribution is 2.32. The monoisotopic (exact) mass is 665 g/mol. The molecule has 0 saturated carbocycles. The minimum absolute atomic E-state index is 0.00211. The highest BCUT2D eigenvalue weighted by atomic mass is 16.6. The summed E-state index contributed by atoms with van der Waals surface area (Å²) >= 11 is 0. The van der Waals surface area contributed by atoms with Gasteiger partial charge in [-0.1, -0.05) is 33.8 Å². The molecule has 0 unspecified atom stereocenters. The van der Waals surface area contributed by atoms with E-state index in [4.69, 9.17) is 23.7 Å². The van der Waals surface area contributed by atoms with Crippen LogP contribution in [0.1, 0.15) is 73.3 Å². The second-order valence-corrected chi connectivity index (χ2v) is 14.3. The Balaban J connectivity index is 2.20. The summed E-state index contributed by atoms with van der Waals surface area (Å²) in [6, 6.07) is 5.32. The Morgan fingerprint density at radius 2 is 1.70 bits per heavy atom. The number of ether oxygens (including phenoxy) is 5. The van der Waals surface area contributed by atoms with Crippen molar-refractivity contribution in [3.8, 4) is 11.5 Å².